The quantitative estimate of drug-likeness (QED) is 0.456. The van der Waals surface area contributed by atoms with Gasteiger partial charge in [0.05, 0.1) is 0 Å². The van der Waals surface area contributed by atoms with Crippen LogP contribution in [0, 0.1) is 0 Å². The molecule has 0 bridgehead atoms. The van der Waals surface area contributed by atoms with E-state index in [4.69, 9.17) is 5.73 Å². The van der Waals surface area contributed by atoms with Gasteiger partial charge in [0, 0.05) is 30.2 Å². The molecule has 0 saturated carbocycles. The molecule has 0 aromatic rings. The Balaban J connectivity index is 3.78. The van der Waals surface area contributed by atoms with Gasteiger partial charge in [0.25, 0.3) is 0 Å². The summed E-state index contributed by atoms with van der Waals surface area (Å²) in [6.07, 6.45) is 7.45. The predicted octanol–water partition coefficient (Wildman–Crippen LogP) is 4.89. The highest BCUT2D eigenvalue weighted by Gasteiger charge is 2.14. The van der Waals surface area contributed by atoms with Gasteiger partial charge in [-0.25, -0.2) is 0 Å². The lowest BCUT2D eigenvalue weighted by molar-refractivity contribution is 0.169. The Labute approximate surface area is 153 Å². The lowest BCUT2D eigenvalue weighted by Gasteiger charge is -2.30. The fourth-order valence-electron chi connectivity index (χ4n) is 3.77. The average Bonchev–Trinajstić information content (AvgIpc) is 2.44. The molecule has 146 valence electrons. The first-order valence-electron chi connectivity index (χ1n) is 10.4. The monoisotopic (exact) mass is 341 g/mol. The van der Waals surface area contributed by atoms with E-state index in [1.807, 2.05) is 0 Å². The zero-order chi connectivity index (χ0) is 18.7. The number of nitrogens with two attached hydrogens (primary N) is 1. The molecule has 0 unspecified atom stereocenters. The smallest absolute Gasteiger partial charge is 0.00412 e. The van der Waals surface area contributed by atoms with Crippen LogP contribution in [0.5, 0.6) is 0 Å². The predicted molar refractivity (Wildman–Crippen MR) is 110 cm³/mol. The van der Waals surface area contributed by atoms with E-state index in [0.717, 1.165) is 0 Å². The summed E-state index contributed by atoms with van der Waals surface area (Å²) in [4.78, 5) is 5.16. The number of nitrogens with zero attached hydrogens (tertiary/aromatic N) is 2. The molecular formula is C21H47N3. The van der Waals surface area contributed by atoms with E-state index in [2.05, 4.69) is 65.2 Å². The molecule has 3 nitrogen and oxygen atoms in total. The van der Waals surface area contributed by atoms with Crippen molar-refractivity contribution in [3.05, 3.63) is 0 Å². The molecule has 0 amide bonds. The molecule has 0 rings (SSSR count). The third-order valence-corrected chi connectivity index (χ3v) is 5.14. The van der Waals surface area contributed by atoms with Gasteiger partial charge in [0.1, 0.15) is 0 Å². The largest absolute Gasteiger partial charge is 0.328 e. The SMILES string of the molecule is CC(C)N(CCCCC(N)CCCCN(C(C)C)C(C)C)C(C)C. The fraction of sp³-hybridized carbons (Fsp3) is 1.00. The molecule has 0 aliphatic carbocycles. The van der Waals surface area contributed by atoms with Crippen LogP contribution in [0.15, 0.2) is 0 Å². The highest BCUT2D eigenvalue weighted by molar-refractivity contribution is 4.70. The van der Waals surface area contributed by atoms with E-state index < -0.39 is 0 Å². The van der Waals surface area contributed by atoms with Crippen molar-refractivity contribution in [1.29, 1.82) is 0 Å². The molecule has 24 heavy (non-hydrogen) atoms. The molecule has 0 aromatic carbocycles. The van der Waals surface area contributed by atoms with Crippen LogP contribution in [0.3, 0.4) is 0 Å². The van der Waals surface area contributed by atoms with E-state index in [0.29, 0.717) is 30.2 Å². The van der Waals surface area contributed by atoms with E-state index in [1.165, 1.54) is 51.6 Å². The molecule has 0 heterocycles. The number of hydrogen-bond donors (Lipinski definition) is 1. The van der Waals surface area contributed by atoms with Crippen LogP contribution < -0.4 is 5.73 Å². The molecule has 0 fully saturated rings. The van der Waals surface area contributed by atoms with Crippen molar-refractivity contribution in [2.75, 3.05) is 13.1 Å². The summed E-state index contributed by atoms with van der Waals surface area (Å²) in [7, 11) is 0. The van der Waals surface area contributed by atoms with Crippen LogP contribution >= 0.6 is 0 Å². The molecule has 0 atom stereocenters. The molecule has 0 spiro atoms. The van der Waals surface area contributed by atoms with Crippen molar-refractivity contribution in [3.8, 4) is 0 Å². The maximum absolute atomic E-state index is 6.32. The number of hydrogen-bond acceptors (Lipinski definition) is 3. The topological polar surface area (TPSA) is 32.5 Å². The van der Waals surface area contributed by atoms with Gasteiger partial charge >= 0.3 is 0 Å². The van der Waals surface area contributed by atoms with Crippen LogP contribution in [0.25, 0.3) is 0 Å². The Bertz CT molecular complexity index is 243. The summed E-state index contributed by atoms with van der Waals surface area (Å²) < 4.78 is 0. The van der Waals surface area contributed by atoms with Crippen LogP contribution in [0.2, 0.25) is 0 Å². The Morgan fingerprint density at radius 2 is 0.833 bits per heavy atom. The summed E-state index contributed by atoms with van der Waals surface area (Å²) in [5.74, 6) is 0. The van der Waals surface area contributed by atoms with Gasteiger partial charge < -0.3 is 5.73 Å². The lowest BCUT2D eigenvalue weighted by Crippen LogP contribution is -2.38. The normalized spacial score (nSPS) is 13.0. The van der Waals surface area contributed by atoms with Gasteiger partial charge in [-0.3, -0.25) is 9.80 Å². The Hall–Kier alpha value is -0.120. The maximum atomic E-state index is 6.32. The first kappa shape index (κ1) is 23.9. The van der Waals surface area contributed by atoms with E-state index >= 15 is 0 Å². The van der Waals surface area contributed by atoms with Crippen molar-refractivity contribution in [3.63, 3.8) is 0 Å². The molecule has 0 aliphatic rings. The van der Waals surface area contributed by atoms with Crippen LogP contribution in [0.4, 0.5) is 0 Å². The first-order chi connectivity index (χ1) is 11.2. The van der Waals surface area contributed by atoms with Crippen molar-refractivity contribution >= 4 is 0 Å². The second-order valence-electron chi connectivity index (χ2n) is 8.60. The second kappa shape index (κ2) is 13.1. The van der Waals surface area contributed by atoms with Crippen LogP contribution in [-0.2, 0) is 0 Å². The highest BCUT2D eigenvalue weighted by atomic mass is 15.2. The zero-order valence-corrected chi connectivity index (χ0v) is 18.0. The molecule has 3 heteroatoms. The minimum Gasteiger partial charge on any atom is -0.328 e. The van der Waals surface area contributed by atoms with Crippen molar-refractivity contribution in [2.24, 2.45) is 5.73 Å². The number of unbranched alkanes of at least 4 members (excludes halogenated alkanes) is 2. The Kier molecular flexibility index (Phi) is 13.1. The summed E-state index contributed by atoms with van der Waals surface area (Å²) in [6.45, 7) is 20.8. The minimum atomic E-state index is 0.392. The van der Waals surface area contributed by atoms with Crippen LogP contribution in [0.1, 0.15) is 93.9 Å². The minimum absolute atomic E-state index is 0.392. The summed E-state index contributed by atoms with van der Waals surface area (Å²) in [5, 5.41) is 0. The summed E-state index contributed by atoms with van der Waals surface area (Å²) in [5.41, 5.74) is 6.32. The van der Waals surface area contributed by atoms with Crippen LogP contribution in [-0.4, -0.2) is 53.1 Å². The third kappa shape index (κ3) is 10.7. The fourth-order valence-corrected chi connectivity index (χ4v) is 3.77. The van der Waals surface area contributed by atoms with Gasteiger partial charge in [-0.05, 0) is 94.2 Å². The molecule has 0 radical (unpaired) electrons. The molecule has 0 aromatic heterocycles. The van der Waals surface area contributed by atoms with E-state index in [1.54, 1.807) is 0 Å². The van der Waals surface area contributed by atoms with Gasteiger partial charge in [0.15, 0.2) is 0 Å². The third-order valence-electron chi connectivity index (χ3n) is 5.14. The Morgan fingerprint density at radius 3 is 1.08 bits per heavy atom. The highest BCUT2D eigenvalue weighted by Crippen LogP contribution is 2.12. The van der Waals surface area contributed by atoms with E-state index in [9.17, 15) is 0 Å². The lowest BCUT2D eigenvalue weighted by atomic mass is 10.0. The van der Waals surface area contributed by atoms with E-state index in [-0.39, 0.29) is 0 Å². The van der Waals surface area contributed by atoms with Gasteiger partial charge in [-0.15, -0.1) is 0 Å². The van der Waals surface area contributed by atoms with Gasteiger partial charge in [0.2, 0.25) is 0 Å². The van der Waals surface area contributed by atoms with Crippen molar-refractivity contribution in [2.45, 2.75) is 124 Å². The molecular weight excluding hydrogens is 294 g/mol. The van der Waals surface area contributed by atoms with Gasteiger partial charge in [-0.1, -0.05) is 12.8 Å². The zero-order valence-electron chi connectivity index (χ0n) is 18.0. The van der Waals surface area contributed by atoms with Gasteiger partial charge in [-0.2, -0.15) is 0 Å². The van der Waals surface area contributed by atoms with Crippen molar-refractivity contribution in [1.82, 2.24) is 9.80 Å². The standard InChI is InChI=1S/C21H47N3/c1-17(2)23(18(3)4)15-11-9-13-21(22)14-10-12-16-24(19(5)6)20(7)8/h17-21H,9-16,22H2,1-8H3. The summed E-state index contributed by atoms with van der Waals surface area (Å²) >= 11 is 0. The average molecular weight is 342 g/mol. The maximum Gasteiger partial charge on any atom is 0.00412 e. The first-order valence-corrected chi connectivity index (χ1v) is 10.4. The van der Waals surface area contributed by atoms with Crippen molar-refractivity contribution < 1.29 is 0 Å². The Morgan fingerprint density at radius 1 is 0.542 bits per heavy atom. The molecule has 2 N–H and O–H groups in total. The molecule has 0 aliphatic heterocycles. The molecule has 0 saturated heterocycles. The second-order valence-corrected chi connectivity index (χ2v) is 8.60. The number of rotatable bonds is 14. The summed E-state index contributed by atoms with van der Waals surface area (Å²) in [6, 6.07) is 2.96.